The molecule has 15 heavy (non-hydrogen) atoms. The van der Waals surface area contributed by atoms with Gasteiger partial charge in [0.2, 0.25) is 0 Å². The van der Waals surface area contributed by atoms with E-state index in [1.165, 1.54) is 14.7 Å². The number of benzene rings is 1. The summed E-state index contributed by atoms with van der Waals surface area (Å²) in [6.07, 6.45) is 0.384. The lowest BCUT2D eigenvalue weighted by atomic mass is 10.0. The van der Waals surface area contributed by atoms with Crippen LogP contribution in [0.4, 0.5) is 0 Å². The Balaban J connectivity index is 2.14. The molecule has 1 N–H and O–H groups in total. The third kappa shape index (κ3) is 1.61. The van der Waals surface area contributed by atoms with Gasteiger partial charge in [0.05, 0.1) is 10.3 Å². The molecule has 1 aromatic carbocycles. The molecule has 0 bridgehead atoms. The largest absolute Gasteiger partial charge is 0.388 e. The average molecular weight is 234 g/mol. The van der Waals surface area contributed by atoms with Crippen LogP contribution in [-0.4, -0.2) is 5.11 Å². The van der Waals surface area contributed by atoms with Gasteiger partial charge in [-0.3, -0.25) is 0 Å². The minimum Gasteiger partial charge on any atom is -0.388 e. The van der Waals surface area contributed by atoms with E-state index in [1.807, 2.05) is 12.1 Å². The zero-order valence-corrected chi connectivity index (χ0v) is 9.65. The van der Waals surface area contributed by atoms with Crippen molar-refractivity contribution >= 4 is 23.1 Å². The summed E-state index contributed by atoms with van der Waals surface area (Å²) in [4.78, 5) is 1.28. The van der Waals surface area contributed by atoms with Gasteiger partial charge in [-0.2, -0.15) is 0 Å². The fourth-order valence-electron chi connectivity index (χ4n) is 1.83. The van der Waals surface area contributed by atoms with Gasteiger partial charge in [0.15, 0.2) is 0 Å². The molecule has 1 aromatic heterocycles. The van der Waals surface area contributed by atoms with Crippen molar-refractivity contribution in [1.29, 1.82) is 0 Å². The Morgan fingerprint density at radius 3 is 3.00 bits per heavy atom. The number of hydrogen-bond donors (Lipinski definition) is 1. The van der Waals surface area contributed by atoms with Crippen molar-refractivity contribution in [3.05, 3.63) is 46.8 Å². The van der Waals surface area contributed by atoms with E-state index in [2.05, 4.69) is 23.6 Å². The highest BCUT2D eigenvalue weighted by Gasteiger charge is 2.21. The SMILES string of the molecule is OC1Cc2ccccc2Sc2sccc21. The summed E-state index contributed by atoms with van der Waals surface area (Å²) in [7, 11) is 0. The summed E-state index contributed by atoms with van der Waals surface area (Å²) in [6.45, 7) is 0. The third-order valence-electron chi connectivity index (χ3n) is 2.61. The third-order valence-corrected chi connectivity index (χ3v) is 4.91. The van der Waals surface area contributed by atoms with Gasteiger partial charge in [-0.15, -0.1) is 11.3 Å². The lowest BCUT2D eigenvalue weighted by molar-refractivity contribution is 0.176. The molecule has 1 nitrogen and oxygen atoms in total. The molecule has 0 fully saturated rings. The van der Waals surface area contributed by atoms with E-state index in [0.29, 0.717) is 0 Å². The number of rotatable bonds is 0. The molecule has 2 heterocycles. The van der Waals surface area contributed by atoms with Crippen LogP contribution < -0.4 is 0 Å². The molecule has 1 atom stereocenters. The van der Waals surface area contributed by atoms with E-state index in [0.717, 1.165) is 12.0 Å². The van der Waals surface area contributed by atoms with Crippen LogP contribution in [0.25, 0.3) is 0 Å². The summed E-state index contributed by atoms with van der Waals surface area (Å²) < 4.78 is 1.23. The number of thiophene rings is 1. The molecule has 0 saturated heterocycles. The van der Waals surface area contributed by atoms with Gasteiger partial charge in [0.1, 0.15) is 0 Å². The molecule has 76 valence electrons. The quantitative estimate of drug-likeness (QED) is 0.753. The topological polar surface area (TPSA) is 20.2 Å². The van der Waals surface area contributed by atoms with Crippen LogP contribution in [0, 0.1) is 0 Å². The van der Waals surface area contributed by atoms with E-state index in [1.54, 1.807) is 23.1 Å². The molecule has 0 spiro atoms. The maximum absolute atomic E-state index is 10.1. The van der Waals surface area contributed by atoms with E-state index in [9.17, 15) is 5.11 Å². The van der Waals surface area contributed by atoms with Crippen molar-refractivity contribution in [2.24, 2.45) is 0 Å². The smallest absolute Gasteiger partial charge is 0.0849 e. The zero-order chi connectivity index (χ0) is 10.3. The maximum atomic E-state index is 10.1. The second-order valence-electron chi connectivity index (χ2n) is 3.59. The van der Waals surface area contributed by atoms with Gasteiger partial charge >= 0.3 is 0 Å². The average Bonchev–Trinajstić information content (AvgIpc) is 2.64. The molecule has 3 heteroatoms. The zero-order valence-electron chi connectivity index (χ0n) is 8.01. The first-order chi connectivity index (χ1) is 7.34. The predicted molar refractivity (Wildman–Crippen MR) is 63.5 cm³/mol. The fraction of sp³-hybridized carbons (Fsp3) is 0.167. The summed E-state index contributed by atoms with van der Waals surface area (Å²) in [5, 5.41) is 12.1. The highest BCUT2D eigenvalue weighted by molar-refractivity contribution is 8.01. The van der Waals surface area contributed by atoms with E-state index in [-0.39, 0.29) is 6.10 Å². The Morgan fingerprint density at radius 1 is 1.20 bits per heavy atom. The number of fused-ring (bicyclic) bond motifs is 2. The Hall–Kier alpha value is -0.770. The summed E-state index contributed by atoms with van der Waals surface area (Å²) >= 11 is 3.48. The minimum atomic E-state index is -0.345. The molecular weight excluding hydrogens is 224 g/mol. The first kappa shape index (κ1) is 9.46. The van der Waals surface area contributed by atoms with Crippen LogP contribution in [-0.2, 0) is 6.42 Å². The van der Waals surface area contributed by atoms with E-state index < -0.39 is 0 Å². The highest BCUT2D eigenvalue weighted by atomic mass is 32.2. The van der Waals surface area contributed by atoms with Gasteiger partial charge in [0.25, 0.3) is 0 Å². The summed E-state index contributed by atoms with van der Waals surface area (Å²) in [5.41, 5.74) is 2.33. The lowest BCUT2D eigenvalue weighted by Crippen LogP contribution is -1.99. The molecule has 1 aliphatic rings. The molecule has 0 amide bonds. The molecule has 0 radical (unpaired) electrons. The van der Waals surface area contributed by atoms with Gasteiger partial charge in [-0.25, -0.2) is 0 Å². The molecule has 0 saturated carbocycles. The van der Waals surface area contributed by atoms with Gasteiger partial charge < -0.3 is 5.11 Å². The number of aliphatic hydroxyl groups is 1. The predicted octanol–water partition coefficient (Wildman–Crippen LogP) is 3.49. The minimum absolute atomic E-state index is 0.345. The Kier molecular flexibility index (Phi) is 2.31. The van der Waals surface area contributed by atoms with Crippen LogP contribution in [0.2, 0.25) is 0 Å². The first-order valence-electron chi connectivity index (χ1n) is 4.86. The van der Waals surface area contributed by atoms with Crippen LogP contribution in [0.3, 0.4) is 0 Å². The van der Waals surface area contributed by atoms with Gasteiger partial charge in [-0.1, -0.05) is 30.0 Å². The van der Waals surface area contributed by atoms with Crippen LogP contribution in [0.5, 0.6) is 0 Å². The fourth-order valence-corrected chi connectivity index (χ4v) is 4.08. The normalized spacial score (nSPS) is 19.1. The molecule has 3 rings (SSSR count). The lowest BCUT2D eigenvalue weighted by Gasteiger charge is -2.07. The van der Waals surface area contributed by atoms with Crippen molar-refractivity contribution in [1.82, 2.24) is 0 Å². The number of hydrogen-bond acceptors (Lipinski definition) is 3. The van der Waals surface area contributed by atoms with Crippen molar-refractivity contribution in [2.75, 3.05) is 0 Å². The molecule has 2 aromatic rings. The van der Waals surface area contributed by atoms with Crippen LogP contribution in [0.15, 0.2) is 44.8 Å². The molecule has 1 unspecified atom stereocenters. The molecule has 1 aliphatic heterocycles. The molecule has 0 aliphatic carbocycles. The highest BCUT2D eigenvalue weighted by Crippen LogP contribution is 2.43. The second-order valence-corrected chi connectivity index (χ2v) is 5.82. The first-order valence-corrected chi connectivity index (χ1v) is 6.55. The van der Waals surface area contributed by atoms with Crippen molar-refractivity contribution in [3.8, 4) is 0 Å². The molecular formula is C12H10OS2. The maximum Gasteiger partial charge on any atom is 0.0849 e. The Bertz CT molecular complexity index is 490. The van der Waals surface area contributed by atoms with Crippen molar-refractivity contribution in [2.45, 2.75) is 21.6 Å². The standard InChI is InChI=1S/C12H10OS2/c13-10-7-8-3-1-2-4-11(8)15-12-9(10)5-6-14-12/h1-6,10,13H,7H2. The van der Waals surface area contributed by atoms with E-state index in [4.69, 9.17) is 0 Å². The number of aliphatic hydroxyl groups excluding tert-OH is 1. The summed E-state index contributed by atoms with van der Waals surface area (Å²) in [5.74, 6) is 0. The summed E-state index contributed by atoms with van der Waals surface area (Å²) in [6, 6.07) is 10.3. The van der Waals surface area contributed by atoms with Crippen LogP contribution in [0.1, 0.15) is 17.2 Å². The van der Waals surface area contributed by atoms with E-state index >= 15 is 0 Å². The second kappa shape index (κ2) is 3.67. The van der Waals surface area contributed by atoms with Crippen LogP contribution >= 0.6 is 23.1 Å². The Morgan fingerprint density at radius 2 is 2.07 bits per heavy atom. The van der Waals surface area contributed by atoms with Gasteiger partial charge in [-0.05, 0) is 23.1 Å². The monoisotopic (exact) mass is 234 g/mol. The van der Waals surface area contributed by atoms with Crippen molar-refractivity contribution < 1.29 is 5.11 Å². The Labute approximate surface area is 96.8 Å². The van der Waals surface area contributed by atoms with Gasteiger partial charge in [0, 0.05) is 16.9 Å². The van der Waals surface area contributed by atoms with Crippen molar-refractivity contribution in [3.63, 3.8) is 0 Å².